The van der Waals surface area contributed by atoms with E-state index in [2.05, 4.69) is 0 Å². The minimum Gasteiger partial charge on any atom is -0.497 e. The van der Waals surface area contributed by atoms with Crippen LogP contribution in [0.4, 0.5) is 0 Å². The Morgan fingerprint density at radius 2 is 2.06 bits per heavy atom. The lowest BCUT2D eigenvalue weighted by Gasteiger charge is -2.04. The number of ketones is 1. The van der Waals surface area contributed by atoms with Crippen molar-refractivity contribution in [2.24, 2.45) is 5.73 Å². The molecule has 2 N–H and O–H groups in total. The Balaban J connectivity index is 2.55. The van der Waals surface area contributed by atoms with E-state index in [-0.39, 0.29) is 12.2 Å². The molecule has 0 bridgehead atoms. The summed E-state index contributed by atoms with van der Waals surface area (Å²) >= 11 is 0. The molecule has 0 spiro atoms. The summed E-state index contributed by atoms with van der Waals surface area (Å²) in [5, 5.41) is 0. The summed E-state index contributed by atoms with van der Waals surface area (Å²) in [7, 11) is 1.57. The van der Waals surface area contributed by atoms with E-state index < -0.39 is 6.04 Å². The fourth-order valence-electron chi connectivity index (χ4n) is 1.29. The predicted octanol–water partition coefficient (Wildman–Crippen LogP) is 1.18. The molecule has 4 heteroatoms. The highest BCUT2D eigenvalue weighted by Gasteiger charge is 2.08. The molecular weight excluding hydrogens is 206 g/mol. The van der Waals surface area contributed by atoms with Crippen molar-refractivity contribution >= 4 is 12.1 Å². The fraction of sp³-hybridized carbons (Fsp3) is 0.333. The second-order valence-electron chi connectivity index (χ2n) is 3.49. The van der Waals surface area contributed by atoms with E-state index in [4.69, 9.17) is 10.5 Å². The van der Waals surface area contributed by atoms with Crippen LogP contribution in [0.1, 0.15) is 23.2 Å². The summed E-state index contributed by atoms with van der Waals surface area (Å²) in [4.78, 5) is 21.9. The normalized spacial score (nSPS) is 11.9. The Bertz CT molecular complexity index is 359. The number of carbonyl (C=O) groups excluding carboxylic acids is 2. The zero-order chi connectivity index (χ0) is 12.0. The van der Waals surface area contributed by atoms with Gasteiger partial charge in [-0.15, -0.1) is 0 Å². The Morgan fingerprint density at radius 3 is 2.56 bits per heavy atom. The van der Waals surface area contributed by atoms with Gasteiger partial charge in [-0.05, 0) is 30.7 Å². The van der Waals surface area contributed by atoms with Crippen LogP contribution >= 0.6 is 0 Å². The molecule has 0 aliphatic heterocycles. The van der Waals surface area contributed by atoms with E-state index in [0.29, 0.717) is 24.0 Å². The lowest BCUT2D eigenvalue weighted by molar-refractivity contribution is -0.109. The van der Waals surface area contributed by atoms with Gasteiger partial charge < -0.3 is 15.3 Å². The predicted molar refractivity (Wildman–Crippen MR) is 60.6 cm³/mol. The van der Waals surface area contributed by atoms with Crippen molar-refractivity contribution in [3.8, 4) is 5.75 Å². The first kappa shape index (κ1) is 12.4. The van der Waals surface area contributed by atoms with Crippen molar-refractivity contribution in [3.63, 3.8) is 0 Å². The highest BCUT2D eigenvalue weighted by molar-refractivity contribution is 5.96. The summed E-state index contributed by atoms with van der Waals surface area (Å²) in [5.74, 6) is 0.695. The summed E-state index contributed by atoms with van der Waals surface area (Å²) < 4.78 is 4.99. The van der Waals surface area contributed by atoms with Crippen LogP contribution in [0.3, 0.4) is 0 Å². The van der Waals surface area contributed by atoms with E-state index in [0.717, 1.165) is 0 Å². The highest BCUT2D eigenvalue weighted by Crippen LogP contribution is 2.13. The zero-order valence-corrected chi connectivity index (χ0v) is 9.18. The molecule has 86 valence electrons. The van der Waals surface area contributed by atoms with Gasteiger partial charge in [0.05, 0.1) is 13.2 Å². The quantitative estimate of drug-likeness (QED) is 0.578. The number of methoxy groups -OCH3 is 1. The van der Waals surface area contributed by atoms with Crippen molar-refractivity contribution in [1.29, 1.82) is 0 Å². The monoisotopic (exact) mass is 221 g/mol. The number of hydrogen-bond donors (Lipinski definition) is 1. The summed E-state index contributed by atoms with van der Waals surface area (Å²) in [5.41, 5.74) is 6.01. The maximum absolute atomic E-state index is 11.7. The summed E-state index contributed by atoms with van der Waals surface area (Å²) in [6.07, 6.45) is 1.32. The van der Waals surface area contributed by atoms with E-state index >= 15 is 0 Å². The van der Waals surface area contributed by atoms with Gasteiger partial charge in [-0.1, -0.05) is 0 Å². The topological polar surface area (TPSA) is 69.4 Å². The van der Waals surface area contributed by atoms with Crippen molar-refractivity contribution in [3.05, 3.63) is 29.8 Å². The van der Waals surface area contributed by atoms with Crippen LogP contribution in [0.5, 0.6) is 5.75 Å². The number of carbonyl (C=O) groups is 2. The van der Waals surface area contributed by atoms with E-state index in [1.165, 1.54) is 0 Å². The first-order valence-electron chi connectivity index (χ1n) is 5.05. The molecule has 1 rings (SSSR count). The third-order valence-electron chi connectivity index (χ3n) is 2.29. The number of aldehydes is 1. The van der Waals surface area contributed by atoms with Crippen molar-refractivity contribution in [2.75, 3.05) is 7.11 Å². The fourth-order valence-corrected chi connectivity index (χ4v) is 1.29. The van der Waals surface area contributed by atoms with Gasteiger partial charge in [-0.3, -0.25) is 4.79 Å². The second-order valence-corrected chi connectivity index (χ2v) is 3.49. The number of ether oxygens (including phenoxy) is 1. The van der Waals surface area contributed by atoms with Gasteiger partial charge in [-0.2, -0.15) is 0 Å². The molecule has 0 amide bonds. The summed E-state index contributed by atoms with van der Waals surface area (Å²) in [6, 6.07) is 6.31. The zero-order valence-electron chi connectivity index (χ0n) is 9.18. The average molecular weight is 221 g/mol. The van der Waals surface area contributed by atoms with Gasteiger partial charge in [0.15, 0.2) is 5.78 Å². The van der Waals surface area contributed by atoms with Gasteiger partial charge in [0, 0.05) is 12.0 Å². The minimum absolute atomic E-state index is 0.0139. The number of nitrogens with two attached hydrogens (primary N) is 1. The standard InChI is InChI=1S/C12H15NO3/c1-16-11-5-2-9(3-6-11)12(15)7-4-10(13)8-14/h2-3,5-6,8,10H,4,7,13H2,1H3/t10-/m0/s1. The molecule has 1 aromatic rings. The minimum atomic E-state index is -0.554. The lowest BCUT2D eigenvalue weighted by atomic mass is 10.0. The molecule has 0 aliphatic rings. The Labute approximate surface area is 94.4 Å². The molecule has 0 aromatic heterocycles. The summed E-state index contributed by atoms with van der Waals surface area (Å²) in [6.45, 7) is 0. The molecule has 0 unspecified atom stereocenters. The van der Waals surface area contributed by atoms with Crippen LogP contribution < -0.4 is 10.5 Å². The maximum atomic E-state index is 11.7. The Hall–Kier alpha value is -1.68. The molecule has 0 saturated carbocycles. The Kier molecular flexibility index (Phi) is 4.66. The maximum Gasteiger partial charge on any atom is 0.162 e. The van der Waals surface area contributed by atoms with E-state index in [1.54, 1.807) is 31.4 Å². The third kappa shape index (κ3) is 3.47. The molecule has 0 fully saturated rings. The molecule has 0 heterocycles. The number of hydrogen-bond acceptors (Lipinski definition) is 4. The van der Waals surface area contributed by atoms with Crippen LogP contribution in [-0.2, 0) is 4.79 Å². The van der Waals surface area contributed by atoms with Gasteiger partial charge in [-0.25, -0.2) is 0 Å². The van der Waals surface area contributed by atoms with Crippen molar-refractivity contribution < 1.29 is 14.3 Å². The van der Waals surface area contributed by atoms with Crippen LogP contribution in [0.2, 0.25) is 0 Å². The SMILES string of the molecule is COc1ccc(C(=O)CC[C@H](N)C=O)cc1. The molecule has 4 nitrogen and oxygen atoms in total. The van der Waals surface area contributed by atoms with E-state index in [1.807, 2.05) is 0 Å². The molecule has 16 heavy (non-hydrogen) atoms. The number of Topliss-reactive ketones (excluding diaryl/α,β-unsaturated/α-hetero) is 1. The highest BCUT2D eigenvalue weighted by atomic mass is 16.5. The smallest absolute Gasteiger partial charge is 0.162 e. The number of rotatable bonds is 6. The third-order valence-corrected chi connectivity index (χ3v) is 2.29. The van der Waals surface area contributed by atoms with Gasteiger partial charge in [0.1, 0.15) is 12.0 Å². The number of benzene rings is 1. The van der Waals surface area contributed by atoms with Gasteiger partial charge in [0.2, 0.25) is 0 Å². The average Bonchev–Trinajstić information content (AvgIpc) is 2.35. The van der Waals surface area contributed by atoms with Crippen molar-refractivity contribution in [1.82, 2.24) is 0 Å². The van der Waals surface area contributed by atoms with Crippen LogP contribution in [0.15, 0.2) is 24.3 Å². The molecular formula is C12H15NO3. The van der Waals surface area contributed by atoms with Crippen LogP contribution in [0.25, 0.3) is 0 Å². The van der Waals surface area contributed by atoms with Crippen molar-refractivity contribution in [2.45, 2.75) is 18.9 Å². The lowest BCUT2D eigenvalue weighted by Crippen LogP contribution is -2.22. The van der Waals surface area contributed by atoms with Gasteiger partial charge >= 0.3 is 0 Å². The molecule has 1 aromatic carbocycles. The first-order valence-corrected chi connectivity index (χ1v) is 5.05. The molecule has 1 atom stereocenters. The van der Waals surface area contributed by atoms with Crippen LogP contribution in [-0.4, -0.2) is 25.2 Å². The second kappa shape index (κ2) is 6.02. The van der Waals surface area contributed by atoms with Crippen LogP contribution in [0, 0.1) is 0 Å². The molecule has 0 aliphatic carbocycles. The first-order chi connectivity index (χ1) is 7.67. The molecule has 0 radical (unpaired) electrons. The Morgan fingerprint density at radius 1 is 1.44 bits per heavy atom. The van der Waals surface area contributed by atoms with E-state index in [9.17, 15) is 9.59 Å². The largest absolute Gasteiger partial charge is 0.497 e. The molecule has 0 saturated heterocycles. The van der Waals surface area contributed by atoms with Gasteiger partial charge in [0.25, 0.3) is 0 Å².